The Hall–Kier alpha value is -0.880. The largest absolute Gasteiger partial charge is 0.313 e. The number of sulfone groups is 1. The van der Waals surface area contributed by atoms with Crippen LogP contribution in [0.1, 0.15) is 37.6 Å². The maximum absolute atomic E-state index is 11.5. The Kier molecular flexibility index (Phi) is 4.07. The molecule has 1 aromatic rings. The summed E-state index contributed by atoms with van der Waals surface area (Å²) >= 11 is 0. The highest BCUT2D eigenvalue weighted by molar-refractivity contribution is 7.91. The molecule has 0 saturated carbocycles. The fraction of sp³-hybridized carbons (Fsp3) is 0.750. The SMILES string of the molecule is CCNCc1cnn(C2CCS(=O)(=O)C2)c1CC. The highest BCUT2D eigenvalue weighted by atomic mass is 32.2. The van der Waals surface area contributed by atoms with E-state index in [1.165, 1.54) is 5.56 Å². The van der Waals surface area contributed by atoms with E-state index in [2.05, 4.69) is 24.3 Å². The zero-order valence-corrected chi connectivity index (χ0v) is 11.8. The van der Waals surface area contributed by atoms with Crippen molar-refractivity contribution < 1.29 is 8.42 Å². The summed E-state index contributed by atoms with van der Waals surface area (Å²) in [6, 6.07) is 0.0281. The van der Waals surface area contributed by atoms with Crippen molar-refractivity contribution in [1.29, 1.82) is 0 Å². The van der Waals surface area contributed by atoms with Gasteiger partial charge in [-0.05, 0) is 19.4 Å². The number of hydrogen-bond acceptors (Lipinski definition) is 4. The van der Waals surface area contributed by atoms with E-state index in [9.17, 15) is 8.42 Å². The van der Waals surface area contributed by atoms with Gasteiger partial charge in [-0.1, -0.05) is 13.8 Å². The molecule has 1 N–H and O–H groups in total. The van der Waals surface area contributed by atoms with Crippen LogP contribution in [-0.4, -0.2) is 36.2 Å². The lowest BCUT2D eigenvalue weighted by atomic mass is 10.2. The third-order valence-corrected chi connectivity index (χ3v) is 5.19. The quantitative estimate of drug-likeness (QED) is 0.865. The molecule has 2 rings (SSSR count). The van der Waals surface area contributed by atoms with Crippen LogP contribution < -0.4 is 5.32 Å². The highest BCUT2D eigenvalue weighted by Gasteiger charge is 2.31. The van der Waals surface area contributed by atoms with Crippen molar-refractivity contribution >= 4 is 9.84 Å². The van der Waals surface area contributed by atoms with E-state index in [0.717, 1.165) is 25.2 Å². The van der Waals surface area contributed by atoms with Crippen molar-refractivity contribution in [2.45, 2.75) is 39.3 Å². The number of hydrogen-bond donors (Lipinski definition) is 1. The van der Waals surface area contributed by atoms with Gasteiger partial charge in [0.05, 0.1) is 23.7 Å². The Morgan fingerprint density at radius 2 is 2.28 bits per heavy atom. The van der Waals surface area contributed by atoms with Crippen LogP contribution in [0, 0.1) is 0 Å². The van der Waals surface area contributed by atoms with Crippen molar-refractivity contribution in [1.82, 2.24) is 15.1 Å². The molecule has 1 unspecified atom stereocenters. The molecule has 18 heavy (non-hydrogen) atoms. The molecule has 102 valence electrons. The standard InChI is InChI=1S/C12H21N3O2S/c1-3-12-10(7-13-4-2)8-14-15(12)11-5-6-18(16,17)9-11/h8,11,13H,3-7,9H2,1-2H3. The second kappa shape index (κ2) is 5.40. The van der Waals surface area contributed by atoms with Crippen LogP contribution in [0.4, 0.5) is 0 Å². The van der Waals surface area contributed by atoms with Gasteiger partial charge in [-0.2, -0.15) is 5.10 Å². The van der Waals surface area contributed by atoms with E-state index >= 15 is 0 Å². The Morgan fingerprint density at radius 3 is 2.83 bits per heavy atom. The predicted molar refractivity (Wildman–Crippen MR) is 71.3 cm³/mol. The summed E-state index contributed by atoms with van der Waals surface area (Å²) < 4.78 is 25.0. The van der Waals surface area contributed by atoms with Gasteiger partial charge in [0.15, 0.2) is 9.84 Å². The Bertz CT molecular complexity index is 507. The Labute approximate surface area is 108 Å². The molecule has 5 nitrogen and oxygen atoms in total. The Morgan fingerprint density at radius 1 is 1.50 bits per heavy atom. The molecule has 0 amide bonds. The average molecular weight is 271 g/mol. The van der Waals surface area contributed by atoms with Gasteiger partial charge >= 0.3 is 0 Å². The fourth-order valence-electron chi connectivity index (χ4n) is 2.50. The lowest BCUT2D eigenvalue weighted by Crippen LogP contribution is -2.17. The number of nitrogens with one attached hydrogen (secondary N) is 1. The normalized spacial score (nSPS) is 22.4. The summed E-state index contributed by atoms with van der Waals surface area (Å²) in [5.74, 6) is 0.533. The van der Waals surface area contributed by atoms with Crippen LogP contribution in [0.5, 0.6) is 0 Å². The lowest BCUT2D eigenvalue weighted by molar-refractivity contribution is 0.480. The molecule has 1 aromatic heterocycles. The topological polar surface area (TPSA) is 64.0 Å². The molecule has 1 atom stereocenters. The monoisotopic (exact) mass is 271 g/mol. The second-order valence-corrected chi connectivity index (χ2v) is 6.98. The van der Waals surface area contributed by atoms with E-state index in [1.54, 1.807) is 0 Å². The molecule has 6 heteroatoms. The van der Waals surface area contributed by atoms with Crippen molar-refractivity contribution in [3.63, 3.8) is 0 Å². The third-order valence-electron chi connectivity index (χ3n) is 3.44. The van der Waals surface area contributed by atoms with Crippen LogP contribution in [0.15, 0.2) is 6.20 Å². The first-order valence-electron chi connectivity index (χ1n) is 6.53. The van der Waals surface area contributed by atoms with E-state index in [1.807, 2.05) is 10.9 Å². The minimum atomic E-state index is -2.85. The molecular formula is C12H21N3O2S. The fourth-order valence-corrected chi connectivity index (χ4v) is 4.19. The smallest absolute Gasteiger partial charge is 0.152 e. The average Bonchev–Trinajstić information content (AvgIpc) is 2.89. The summed E-state index contributed by atoms with van der Waals surface area (Å²) in [5, 5.41) is 7.69. The second-order valence-electron chi connectivity index (χ2n) is 4.75. The molecule has 0 radical (unpaired) electrons. The van der Waals surface area contributed by atoms with E-state index in [4.69, 9.17) is 0 Å². The van der Waals surface area contributed by atoms with Crippen LogP contribution in [0.25, 0.3) is 0 Å². The van der Waals surface area contributed by atoms with Gasteiger partial charge in [0.2, 0.25) is 0 Å². The van der Waals surface area contributed by atoms with E-state index < -0.39 is 9.84 Å². The maximum Gasteiger partial charge on any atom is 0.152 e. The van der Waals surface area contributed by atoms with E-state index in [0.29, 0.717) is 12.2 Å². The maximum atomic E-state index is 11.5. The summed E-state index contributed by atoms with van der Waals surface area (Å²) in [4.78, 5) is 0. The van der Waals surface area contributed by atoms with E-state index in [-0.39, 0.29) is 11.8 Å². The van der Waals surface area contributed by atoms with Crippen LogP contribution in [0.2, 0.25) is 0 Å². The van der Waals surface area contributed by atoms with Gasteiger partial charge in [-0.25, -0.2) is 8.42 Å². The van der Waals surface area contributed by atoms with Crippen LogP contribution >= 0.6 is 0 Å². The first-order valence-corrected chi connectivity index (χ1v) is 8.36. The molecular weight excluding hydrogens is 250 g/mol. The molecule has 1 fully saturated rings. The minimum absolute atomic E-state index is 0.0281. The van der Waals surface area contributed by atoms with Gasteiger partial charge < -0.3 is 5.32 Å². The Balaban J connectivity index is 2.21. The molecule has 1 aliphatic rings. The number of nitrogens with zero attached hydrogens (tertiary/aromatic N) is 2. The van der Waals surface area contributed by atoms with Crippen molar-refractivity contribution in [2.24, 2.45) is 0 Å². The molecule has 0 aromatic carbocycles. The van der Waals surface area contributed by atoms with Crippen molar-refractivity contribution in [3.8, 4) is 0 Å². The zero-order valence-electron chi connectivity index (χ0n) is 11.0. The van der Waals surface area contributed by atoms with Gasteiger partial charge in [-0.3, -0.25) is 4.68 Å². The minimum Gasteiger partial charge on any atom is -0.313 e. The first kappa shape index (κ1) is 13.5. The van der Waals surface area contributed by atoms with Crippen molar-refractivity contribution in [2.75, 3.05) is 18.1 Å². The predicted octanol–water partition coefficient (Wildman–Crippen LogP) is 0.915. The van der Waals surface area contributed by atoms with Gasteiger partial charge in [0, 0.05) is 17.8 Å². The lowest BCUT2D eigenvalue weighted by Gasteiger charge is -2.13. The van der Waals surface area contributed by atoms with Crippen LogP contribution in [0.3, 0.4) is 0 Å². The van der Waals surface area contributed by atoms with Crippen molar-refractivity contribution in [3.05, 3.63) is 17.5 Å². The highest BCUT2D eigenvalue weighted by Crippen LogP contribution is 2.25. The molecule has 0 bridgehead atoms. The third kappa shape index (κ3) is 2.75. The number of aromatic nitrogens is 2. The summed E-state index contributed by atoms with van der Waals surface area (Å²) in [5.41, 5.74) is 2.35. The summed E-state index contributed by atoms with van der Waals surface area (Å²) in [6.45, 7) is 5.89. The molecule has 1 saturated heterocycles. The van der Waals surface area contributed by atoms with Gasteiger partial charge in [0.25, 0.3) is 0 Å². The first-order chi connectivity index (χ1) is 8.57. The summed E-state index contributed by atoms with van der Waals surface area (Å²) in [6.07, 6.45) is 3.45. The van der Waals surface area contributed by atoms with Crippen LogP contribution in [-0.2, 0) is 22.8 Å². The molecule has 1 aliphatic heterocycles. The zero-order chi connectivity index (χ0) is 13.2. The van der Waals surface area contributed by atoms with Gasteiger partial charge in [-0.15, -0.1) is 0 Å². The molecule has 0 aliphatic carbocycles. The summed E-state index contributed by atoms with van der Waals surface area (Å²) in [7, 11) is -2.85. The molecule has 0 spiro atoms. The van der Waals surface area contributed by atoms with Gasteiger partial charge in [0.1, 0.15) is 0 Å². The number of rotatable bonds is 5. The molecule has 2 heterocycles.